The summed E-state index contributed by atoms with van der Waals surface area (Å²) in [5, 5.41) is 2.77. The van der Waals surface area contributed by atoms with Gasteiger partial charge in [0.05, 0.1) is 5.56 Å². The Labute approximate surface area is 110 Å². The lowest BCUT2D eigenvalue weighted by Crippen LogP contribution is -2.37. The predicted molar refractivity (Wildman–Crippen MR) is 71.0 cm³/mol. The highest BCUT2D eigenvalue weighted by Crippen LogP contribution is 2.37. The van der Waals surface area contributed by atoms with Gasteiger partial charge in [0.25, 0.3) is 5.91 Å². The highest BCUT2D eigenvalue weighted by molar-refractivity contribution is 8.00. The van der Waals surface area contributed by atoms with Gasteiger partial charge in [-0.3, -0.25) is 4.79 Å². The van der Waals surface area contributed by atoms with Crippen LogP contribution in [0.4, 0.5) is 10.2 Å². The van der Waals surface area contributed by atoms with Crippen LogP contribution >= 0.6 is 11.8 Å². The van der Waals surface area contributed by atoms with Crippen molar-refractivity contribution in [2.75, 3.05) is 18.0 Å². The maximum atomic E-state index is 13.6. The Bertz CT molecular complexity index is 461. The Hall–Kier alpha value is -1.30. The summed E-state index contributed by atoms with van der Waals surface area (Å²) in [4.78, 5) is 15.5. The van der Waals surface area contributed by atoms with Crippen molar-refractivity contribution in [3.8, 4) is 0 Å². The molecule has 1 saturated heterocycles. The van der Waals surface area contributed by atoms with E-state index in [2.05, 4.69) is 17.2 Å². The molecule has 1 fully saturated rings. The third kappa shape index (κ3) is 2.75. The maximum Gasteiger partial charge on any atom is 0.254 e. The molecular weight excluding hydrogens is 253 g/mol. The van der Waals surface area contributed by atoms with E-state index in [0.29, 0.717) is 6.54 Å². The lowest BCUT2D eigenvalue weighted by atomic mass is 10.1. The topological polar surface area (TPSA) is 68.0 Å². The largest absolute Gasteiger partial charge is 0.381 e. The Kier molecular flexibility index (Phi) is 3.75. The van der Waals surface area contributed by atoms with Crippen LogP contribution in [0, 0.1) is 5.82 Å². The Morgan fingerprint density at radius 1 is 1.72 bits per heavy atom. The molecule has 0 radical (unpaired) electrons. The fourth-order valence-electron chi connectivity index (χ4n) is 1.97. The minimum Gasteiger partial charge on any atom is -0.381 e. The fourth-order valence-corrected chi connectivity index (χ4v) is 3.22. The van der Waals surface area contributed by atoms with Crippen molar-refractivity contribution in [1.82, 2.24) is 10.3 Å². The normalized spacial score (nSPS) is 23.0. The summed E-state index contributed by atoms with van der Waals surface area (Å²) < 4.78 is 13.7. The number of amides is 1. The van der Waals surface area contributed by atoms with Crippen LogP contribution in [0.5, 0.6) is 0 Å². The van der Waals surface area contributed by atoms with Crippen LogP contribution in [0.15, 0.2) is 12.3 Å². The summed E-state index contributed by atoms with van der Waals surface area (Å²) in [6.45, 7) is 2.65. The molecule has 0 aliphatic carbocycles. The van der Waals surface area contributed by atoms with E-state index in [9.17, 15) is 9.18 Å². The first-order valence-corrected chi connectivity index (χ1v) is 6.82. The van der Waals surface area contributed by atoms with E-state index in [1.807, 2.05) is 11.8 Å². The number of pyridine rings is 1. The van der Waals surface area contributed by atoms with Crippen LogP contribution in [0.1, 0.15) is 30.1 Å². The average Bonchev–Trinajstić information content (AvgIpc) is 2.77. The molecule has 0 spiro atoms. The van der Waals surface area contributed by atoms with Crippen LogP contribution in [0.2, 0.25) is 0 Å². The summed E-state index contributed by atoms with van der Waals surface area (Å²) >= 11 is 1.84. The second-order valence-electron chi connectivity index (χ2n) is 4.64. The van der Waals surface area contributed by atoms with Gasteiger partial charge in [-0.05, 0) is 31.6 Å². The Morgan fingerprint density at radius 2 is 2.50 bits per heavy atom. The van der Waals surface area contributed by atoms with E-state index in [0.717, 1.165) is 18.6 Å². The smallest absolute Gasteiger partial charge is 0.254 e. The third-order valence-electron chi connectivity index (χ3n) is 3.08. The standard InChI is InChI=1S/C12H16FN3OS/c1-12(4-2-6-18-12)7-16-11(17)8-3-5-15-10(14)9(8)13/h3,5H,2,4,6-7H2,1H3,(H2,14,15)(H,16,17). The molecule has 1 aliphatic heterocycles. The van der Waals surface area contributed by atoms with Gasteiger partial charge in [-0.25, -0.2) is 9.37 Å². The highest BCUT2D eigenvalue weighted by Gasteiger charge is 2.30. The van der Waals surface area contributed by atoms with Crippen molar-refractivity contribution < 1.29 is 9.18 Å². The molecule has 0 aromatic carbocycles. The fraction of sp³-hybridized carbons (Fsp3) is 0.500. The maximum absolute atomic E-state index is 13.6. The monoisotopic (exact) mass is 269 g/mol. The third-order valence-corrected chi connectivity index (χ3v) is 4.62. The average molecular weight is 269 g/mol. The number of hydrogen-bond donors (Lipinski definition) is 2. The van der Waals surface area contributed by atoms with Crippen molar-refractivity contribution in [1.29, 1.82) is 0 Å². The Morgan fingerprint density at radius 3 is 3.17 bits per heavy atom. The number of carbonyl (C=O) groups is 1. The molecule has 2 rings (SSSR count). The quantitative estimate of drug-likeness (QED) is 0.878. The number of anilines is 1. The molecule has 1 amide bonds. The summed E-state index contributed by atoms with van der Waals surface area (Å²) in [5.41, 5.74) is 5.29. The molecule has 1 unspecified atom stereocenters. The molecule has 1 aromatic heterocycles. The molecule has 6 heteroatoms. The van der Waals surface area contributed by atoms with Gasteiger partial charge in [0.2, 0.25) is 0 Å². The van der Waals surface area contributed by atoms with Crippen molar-refractivity contribution in [3.05, 3.63) is 23.6 Å². The second kappa shape index (κ2) is 5.14. The summed E-state index contributed by atoms with van der Waals surface area (Å²) in [6, 6.07) is 1.34. The molecule has 0 bridgehead atoms. The van der Waals surface area contributed by atoms with Crippen molar-refractivity contribution in [2.45, 2.75) is 24.5 Å². The number of nitrogens with one attached hydrogen (secondary N) is 1. The predicted octanol–water partition coefficient (Wildman–Crippen LogP) is 1.82. The SMILES string of the molecule is CC1(CNC(=O)c2ccnc(N)c2F)CCCS1. The van der Waals surface area contributed by atoms with E-state index in [1.54, 1.807) is 0 Å². The van der Waals surface area contributed by atoms with E-state index >= 15 is 0 Å². The molecule has 1 aromatic rings. The lowest BCUT2D eigenvalue weighted by Gasteiger charge is -2.22. The first kappa shape index (κ1) is 13.1. The van der Waals surface area contributed by atoms with Gasteiger partial charge in [-0.2, -0.15) is 11.8 Å². The molecule has 2 heterocycles. The van der Waals surface area contributed by atoms with Crippen molar-refractivity contribution >= 4 is 23.5 Å². The number of nitrogens with two attached hydrogens (primary N) is 1. The number of nitrogen functional groups attached to an aromatic ring is 1. The minimum atomic E-state index is -0.751. The second-order valence-corrected chi connectivity index (χ2v) is 6.32. The van der Waals surface area contributed by atoms with Gasteiger partial charge < -0.3 is 11.1 Å². The van der Waals surface area contributed by atoms with E-state index in [1.165, 1.54) is 12.3 Å². The zero-order chi connectivity index (χ0) is 13.2. The molecule has 4 nitrogen and oxygen atoms in total. The zero-order valence-corrected chi connectivity index (χ0v) is 11.0. The van der Waals surface area contributed by atoms with Crippen molar-refractivity contribution in [3.63, 3.8) is 0 Å². The van der Waals surface area contributed by atoms with E-state index in [4.69, 9.17) is 5.73 Å². The number of nitrogens with zero attached hydrogens (tertiary/aromatic N) is 1. The van der Waals surface area contributed by atoms with Gasteiger partial charge in [0.1, 0.15) is 0 Å². The number of hydrogen-bond acceptors (Lipinski definition) is 4. The summed E-state index contributed by atoms with van der Waals surface area (Å²) in [7, 11) is 0. The molecule has 3 N–H and O–H groups in total. The van der Waals surface area contributed by atoms with Crippen LogP contribution in [-0.4, -0.2) is 27.9 Å². The van der Waals surface area contributed by atoms with Crippen molar-refractivity contribution in [2.24, 2.45) is 0 Å². The van der Waals surface area contributed by atoms with E-state index in [-0.39, 0.29) is 16.1 Å². The molecular formula is C12H16FN3OS. The minimum absolute atomic E-state index is 0.0471. The number of aromatic nitrogens is 1. The van der Waals surface area contributed by atoms with Crippen LogP contribution in [-0.2, 0) is 0 Å². The number of carbonyl (C=O) groups excluding carboxylic acids is 1. The number of halogens is 1. The number of rotatable bonds is 3. The van der Waals surface area contributed by atoms with E-state index < -0.39 is 11.7 Å². The summed E-state index contributed by atoms with van der Waals surface area (Å²) in [6.07, 6.45) is 3.56. The first-order valence-electron chi connectivity index (χ1n) is 5.84. The van der Waals surface area contributed by atoms with Crippen LogP contribution < -0.4 is 11.1 Å². The molecule has 18 heavy (non-hydrogen) atoms. The van der Waals surface area contributed by atoms with Crippen LogP contribution in [0.3, 0.4) is 0 Å². The molecule has 1 aliphatic rings. The van der Waals surface area contributed by atoms with Gasteiger partial charge >= 0.3 is 0 Å². The van der Waals surface area contributed by atoms with Gasteiger partial charge in [0, 0.05) is 17.5 Å². The molecule has 98 valence electrons. The zero-order valence-electron chi connectivity index (χ0n) is 10.2. The number of thioether (sulfide) groups is 1. The lowest BCUT2D eigenvalue weighted by molar-refractivity contribution is 0.0946. The highest BCUT2D eigenvalue weighted by atomic mass is 32.2. The van der Waals surface area contributed by atoms with Gasteiger partial charge in [-0.1, -0.05) is 0 Å². The summed E-state index contributed by atoms with van der Waals surface area (Å²) in [5.74, 6) is -0.318. The molecule has 1 atom stereocenters. The van der Waals surface area contributed by atoms with Gasteiger partial charge in [0.15, 0.2) is 11.6 Å². The first-order chi connectivity index (χ1) is 8.52. The van der Waals surface area contributed by atoms with Crippen LogP contribution in [0.25, 0.3) is 0 Å². The Balaban J connectivity index is 2.01. The van der Waals surface area contributed by atoms with Gasteiger partial charge in [-0.15, -0.1) is 0 Å². The molecule has 0 saturated carbocycles.